The van der Waals surface area contributed by atoms with Gasteiger partial charge in [-0.1, -0.05) is 0 Å². The van der Waals surface area contributed by atoms with E-state index in [9.17, 15) is 153 Å². The Bertz CT molecular complexity index is 2210. The first-order valence-corrected chi connectivity index (χ1v) is 29.2. The van der Waals surface area contributed by atoms with Crippen molar-refractivity contribution in [2.75, 3.05) is 79.2 Å². The van der Waals surface area contributed by atoms with Crippen LogP contribution in [0.15, 0.2) is 57.9 Å². The minimum atomic E-state index is -3.06. The average molecular weight is 1390 g/mol. The van der Waals surface area contributed by atoms with Gasteiger partial charge in [0.05, 0.1) is 32.5 Å². The number of aliphatic hydroxyl groups is 30. The van der Waals surface area contributed by atoms with E-state index in [1.54, 1.807) is 0 Å². The van der Waals surface area contributed by atoms with Crippen molar-refractivity contribution in [3.63, 3.8) is 0 Å². The molecule has 0 amide bonds. The predicted molar refractivity (Wildman–Crippen MR) is 303 cm³/mol. The van der Waals surface area contributed by atoms with Gasteiger partial charge in [-0.05, 0) is 32.2 Å². The van der Waals surface area contributed by atoms with Gasteiger partial charge in [-0.15, -0.1) is 0 Å². The van der Waals surface area contributed by atoms with Crippen molar-refractivity contribution in [3.05, 3.63) is 57.9 Å². The van der Waals surface area contributed by atoms with Crippen molar-refractivity contribution in [1.29, 1.82) is 0 Å². The van der Waals surface area contributed by atoms with Gasteiger partial charge in [0.15, 0.2) is 40.3 Å². The molecule has 1 aliphatic rings. The number of nitrogens with two attached hydrogens (primary N) is 1. The Morgan fingerprint density at radius 1 is 0.468 bits per heavy atom. The molecule has 0 saturated carbocycles. The molecule has 1 saturated heterocycles. The van der Waals surface area contributed by atoms with Crippen LogP contribution in [0.4, 0.5) is 0 Å². The summed E-state index contributed by atoms with van der Waals surface area (Å²) in [6.45, 7) is -9.48. The summed E-state index contributed by atoms with van der Waals surface area (Å²) in [5, 5.41) is 316. The molecule has 1 fully saturated rings. The molecule has 41 heteroatoms. The minimum absolute atomic E-state index is 0.196. The van der Waals surface area contributed by atoms with Crippen LogP contribution in [0.3, 0.4) is 0 Å². The number of hydrogen-bond acceptors (Lipinski definition) is 41. The summed E-state index contributed by atoms with van der Waals surface area (Å²) < 4.78 is 52.4. The molecule has 22 atom stereocenters. The van der Waals surface area contributed by atoms with Gasteiger partial charge in [-0.3, -0.25) is 0 Å². The van der Waals surface area contributed by atoms with Gasteiger partial charge in [0.25, 0.3) is 6.29 Å². The van der Waals surface area contributed by atoms with E-state index >= 15 is 0 Å². The van der Waals surface area contributed by atoms with Crippen molar-refractivity contribution < 1.29 is 201 Å². The number of ether oxygens (including phenoxy) is 10. The van der Waals surface area contributed by atoms with Crippen LogP contribution in [0.25, 0.3) is 0 Å². The fourth-order valence-electron chi connectivity index (χ4n) is 8.16. The Kier molecular flexibility index (Phi) is 43.6. The van der Waals surface area contributed by atoms with Crippen molar-refractivity contribution in [2.24, 2.45) is 5.73 Å². The van der Waals surface area contributed by atoms with E-state index in [0.29, 0.717) is 31.9 Å². The number of unbranched alkanes of at least 4 members (excludes halogenated alkanes) is 2. The summed E-state index contributed by atoms with van der Waals surface area (Å²) in [5.41, 5.74) is 5.44. The molecule has 0 bridgehead atoms. The van der Waals surface area contributed by atoms with Crippen molar-refractivity contribution in [1.82, 2.24) is 0 Å². The summed E-state index contributed by atoms with van der Waals surface area (Å²) in [5.74, 6) is -12.4. The van der Waals surface area contributed by atoms with Crippen LogP contribution in [0.1, 0.15) is 57.8 Å². The summed E-state index contributed by atoms with van der Waals surface area (Å²) in [4.78, 5) is 0. The Morgan fingerprint density at radius 3 is 1.46 bits per heavy atom. The largest absolute Gasteiger partial charge is 0.505 e. The quantitative estimate of drug-likeness (QED) is 0.0153. The number of aliphatic hydroxyl groups excluding tert-OH is 30. The summed E-state index contributed by atoms with van der Waals surface area (Å²) in [7, 11) is 0. The normalized spacial score (nSPS) is 23.9. The topological polar surface area (TPSA) is 725 Å². The Hall–Kier alpha value is -4.38. The molecule has 13 unspecified atom stereocenters. The summed E-state index contributed by atoms with van der Waals surface area (Å²) in [6, 6.07) is 0. The van der Waals surface area contributed by atoms with Crippen LogP contribution >= 0.6 is 0 Å². The molecule has 1 heterocycles. The molecule has 0 aliphatic carbocycles. The maximum absolute atomic E-state index is 11.5. The molecule has 0 aromatic heterocycles. The molecule has 32 N–H and O–H groups in total. The van der Waals surface area contributed by atoms with E-state index in [-0.39, 0.29) is 6.61 Å². The third kappa shape index (κ3) is 28.2. The standard InChI is InChI=1S/C53H97NO40/c54-10-2-1-3-17-85-48(80)36(74)43(25(67)6-13-57)90-49(81)38(76)44(26(68)7-14-58)91-50(82)39(77)45(27(69)8-15-59)92-51(83)40(78)46(28(70)9-16-60)94-53-41(79)47(35(73)32(21-63)88-53)93-52(84)37(75)42(24(66)5-12-56)89-33(72)18-30(23(65)4-11-55)86-34(22-64)87-31(20-62)29(71)19-61/h18,23-29,31-35,39,41,45,47-53,55-84H,1-17,19-22,54H2/b30-18-,42-37-,43-36+,44-38+,46-40+/t23-,24?,25-,26?,27-,28?,29?,31?,32?,33-,34?,35-,39-,41?,45?,47?,48-,49?,50-,51?,52?,53-/m0/s1. The molecule has 0 aromatic rings. The highest BCUT2D eigenvalue weighted by molar-refractivity contribution is 5.15. The molecule has 0 spiro atoms. The fraction of sp³-hybridized carbons (Fsp3) is 0.811. The van der Waals surface area contributed by atoms with E-state index < -0.39 is 292 Å². The third-order valence-corrected chi connectivity index (χ3v) is 13.3. The van der Waals surface area contributed by atoms with Gasteiger partial charge >= 0.3 is 0 Å². The van der Waals surface area contributed by atoms with E-state index in [1.165, 1.54) is 0 Å². The van der Waals surface area contributed by atoms with Gasteiger partial charge in [0.1, 0.15) is 91.7 Å². The smallest absolute Gasteiger partial charge is 0.259 e. The molecule has 41 nitrogen and oxygen atoms in total. The van der Waals surface area contributed by atoms with Crippen LogP contribution in [-0.2, 0) is 47.4 Å². The molecule has 0 radical (unpaired) electrons. The lowest BCUT2D eigenvalue weighted by Crippen LogP contribution is -2.61. The first-order valence-electron chi connectivity index (χ1n) is 29.2. The third-order valence-electron chi connectivity index (χ3n) is 13.3. The second kappa shape index (κ2) is 46.8. The lowest BCUT2D eigenvalue weighted by molar-refractivity contribution is -0.318. The summed E-state index contributed by atoms with van der Waals surface area (Å²) in [6.07, 6.45) is -55.0. The fourth-order valence-corrected chi connectivity index (χ4v) is 8.16. The predicted octanol–water partition coefficient (Wildman–Crippen LogP) is -11.8. The average Bonchev–Trinajstić information content (AvgIpc) is 0.848. The highest BCUT2D eigenvalue weighted by Crippen LogP contribution is 2.32. The van der Waals surface area contributed by atoms with Gasteiger partial charge in [0.2, 0.25) is 49.8 Å². The Balaban J connectivity index is 3.86. The van der Waals surface area contributed by atoms with Gasteiger partial charge in [-0.25, -0.2) is 0 Å². The van der Waals surface area contributed by atoms with Gasteiger partial charge in [0, 0.05) is 77.8 Å². The van der Waals surface area contributed by atoms with Crippen LogP contribution < -0.4 is 5.73 Å². The van der Waals surface area contributed by atoms with E-state index in [4.69, 9.17) is 53.1 Å². The van der Waals surface area contributed by atoms with E-state index in [1.807, 2.05) is 0 Å². The second-order valence-corrected chi connectivity index (χ2v) is 20.4. The van der Waals surface area contributed by atoms with Crippen molar-refractivity contribution in [2.45, 2.75) is 194 Å². The van der Waals surface area contributed by atoms with Crippen LogP contribution in [0.2, 0.25) is 0 Å². The zero-order valence-electron chi connectivity index (χ0n) is 50.7. The van der Waals surface area contributed by atoms with Crippen LogP contribution in [0.5, 0.6) is 0 Å². The minimum Gasteiger partial charge on any atom is -0.505 e. The lowest BCUT2D eigenvalue weighted by atomic mass is 9.98. The SMILES string of the molecule is NCCCCCO[C@H](O)/C(O)=C(\OC(O)/C(O)=C(\O[C@H](O)[C@@H](O)C(OC(O)/C(O)=C(\O[C@@H]1OC(CO)[C@H](O)C(OC(O)/C(O)=C(/O[C@H](O)/C=C(\OC(CO)OC(CO)C(O)CO)[C@@H](O)CCO)C(O)CCO)C1O)C(O)CCO)[C@@H](O)CCO)C(O)CCO)[C@@H](O)CCO. The number of rotatable bonds is 52. The Labute approximate surface area is 536 Å². The summed E-state index contributed by atoms with van der Waals surface area (Å²) >= 11 is 0. The number of hydrogen-bond donors (Lipinski definition) is 31. The van der Waals surface area contributed by atoms with E-state index in [2.05, 4.69) is 0 Å². The molecule has 1 rings (SSSR count). The highest BCUT2D eigenvalue weighted by Gasteiger charge is 2.49. The van der Waals surface area contributed by atoms with Gasteiger partial charge < -0.3 is 206 Å². The van der Waals surface area contributed by atoms with Crippen molar-refractivity contribution >= 4 is 0 Å². The maximum Gasteiger partial charge on any atom is 0.259 e. The monoisotopic (exact) mass is 1390 g/mol. The zero-order valence-corrected chi connectivity index (χ0v) is 50.7. The van der Waals surface area contributed by atoms with Crippen molar-refractivity contribution in [3.8, 4) is 0 Å². The Morgan fingerprint density at radius 2 is 0.957 bits per heavy atom. The molecule has 94 heavy (non-hydrogen) atoms. The molecule has 1 aliphatic heterocycles. The molecular weight excluding hydrogens is 1290 g/mol. The lowest BCUT2D eigenvalue weighted by Gasteiger charge is -2.42. The highest BCUT2D eigenvalue weighted by atomic mass is 16.7. The van der Waals surface area contributed by atoms with Crippen LogP contribution in [-0.4, -0.2) is 368 Å². The van der Waals surface area contributed by atoms with E-state index in [0.717, 1.165) is 0 Å². The first kappa shape index (κ1) is 87.6. The maximum atomic E-state index is 11.5. The molecular formula is C53H97NO40. The van der Waals surface area contributed by atoms with Crippen LogP contribution in [0, 0.1) is 0 Å². The molecule has 554 valence electrons. The second-order valence-electron chi connectivity index (χ2n) is 20.4. The van der Waals surface area contributed by atoms with Gasteiger partial charge in [-0.2, -0.15) is 0 Å². The first-order chi connectivity index (χ1) is 44.5. The zero-order chi connectivity index (χ0) is 71.5. The molecule has 0 aromatic carbocycles.